The number of oxazole rings is 1. The van der Waals surface area contributed by atoms with Crippen LogP contribution in [0.3, 0.4) is 0 Å². The summed E-state index contributed by atoms with van der Waals surface area (Å²) in [5, 5.41) is 3.45. The molecular formula is C25H22N2O2S. The number of hydrogen-bond donors (Lipinski definition) is 1. The Labute approximate surface area is 180 Å². The molecule has 4 rings (SSSR count). The predicted molar refractivity (Wildman–Crippen MR) is 121 cm³/mol. The molecule has 4 nitrogen and oxygen atoms in total. The Morgan fingerprint density at radius 2 is 1.43 bits per heavy atom. The van der Waals surface area contributed by atoms with Crippen LogP contribution in [0.25, 0.3) is 22.6 Å². The topological polar surface area (TPSA) is 55.1 Å². The first-order valence-electron chi connectivity index (χ1n) is 9.85. The molecule has 0 aliphatic heterocycles. The van der Waals surface area contributed by atoms with Crippen molar-refractivity contribution in [1.29, 1.82) is 0 Å². The summed E-state index contributed by atoms with van der Waals surface area (Å²) in [5.41, 5.74) is 3.94. The summed E-state index contributed by atoms with van der Waals surface area (Å²) in [6, 6.07) is 30.0. The van der Waals surface area contributed by atoms with Crippen LogP contribution in [0.2, 0.25) is 0 Å². The summed E-state index contributed by atoms with van der Waals surface area (Å²) in [6.07, 6.45) is 0.812. The van der Waals surface area contributed by atoms with Gasteiger partial charge in [-0.3, -0.25) is 4.79 Å². The molecule has 4 aromatic rings. The molecule has 1 aromatic heterocycles. The normalized spacial score (nSPS) is 10.7. The maximum absolute atomic E-state index is 12.2. The van der Waals surface area contributed by atoms with Crippen molar-refractivity contribution in [3.8, 4) is 22.6 Å². The van der Waals surface area contributed by atoms with Gasteiger partial charge in [-0.25, -0.2) is 4.98 Å². The van der Waals surface area contributed by atoms with Gasteiger partial charge in [0.05, 0.1) is 5.75 Å². The molecule has 150 valence electrons. The van der Waals surface area contributed by atoms with Crippen molar-refractivity contribution in [3.05, 3.63) is 96.6 Å². The second-order valence-electron chi connectivity index (χ2n) is 6.76. The molecule has 5 heteroatoms. The molecule has 0 saturated heterocycles. The van der Waals surface area contributed by atoms with Gasteiger partial charge in [0, 0.05) is 17.7 Å². The highest BCUT2D eigenvalue weighted by Crippen LogP contribution is 2.35. The monoisotopic (exact) mass is 414 g/mol. The van der Waals surface area contributed by atoms with Gasteiger partial charge in [0.15, 0.2) is 5.76 Å². The van der Waals surface area contributed by atoms with Crippen molar-refractivity contribution in [1.82, 2.24) is 10.3 Å². The van der Waals surface area contributed by atoms with E-state index in [9.17, 15) is 4.79 Å². The second kappa shape index (κ2) is 9.94. The number of amides is 1. The van der Waals surface area contributed by atoms with E-state index in [0.29, 0.717) is 17.5 Å². The molecule has 0 spiro atoms. The third-order valence-electron chi connectivity index (χ3n) is 4.60. The van der Waals surface area contributed by atoms with E-state index in [0.717, 1.165) is 23.2 Å². The number of nitrogens with zero attached hydrogens (tertiary/aromatic N) is 1. The molecule has 0 fully saturated rings. The highest BCUT2D eigenvalue weighted by molar-refractivity contribution is 7.99. The van der Waals surface area contributed by atoms with Crippen LogP contribution in [0.1, 0.15) is 5.56 Å². The smallest absolute Gasteiger partial charge is 0.257 e. The van der Waals surface area contributed by atoms with Gasteiger partial charge in [-0.05, 0) is 12.0 Å². The highest BCUT2D eigenvalue weighted by atomic mass is 32.2. The van der Waals surface area contributed by atoms with E-state index >= 15 is 0 Å². The predicted octanol–water partition coefficient (Wildman–Crippen LogP) is 5.46. The van der Waals surface area contributed by atoms with Crippen LogP contribution in [0.4, 0.5) is 0 Å². The quantitative estimate of drug-likeness (QED) is 0.389. The van der Waals surface area contributed by atoms with Gasteiger partial charge in [-0.15, -0.1) is 0 Å². The number of carbonyl (C=O) groups excluding carboxylic acids is 1. The Hall–Kier alpha value is -3.31. The second-order valence-corrected chi connectivity index (χ2v) is 7.69. The minimum absolute atomic E-state index is 0.0309. The summed E-state index contributed by atoms with van der Waals surface area (Å²) in [7, 11) is 0. The lowest BCUT2D eigenvalue weighted by molar-refractivity contribution is -0.118. The van der Waals surface area contributed by atoms with E-state index in [1.54, 1.807) is 0 Å². The number of thioether (sulfide) groups is 1. The lowest BCUT2D eigenvalue weighted by Gasteiger charge is -2.04. The van der Waals surface area contributed by atoms with Gasteiger partial charge in [0.25, 0.3) is 5.22 Å². The van der Waals surface area contributed by atoms with Gasteiger partial charge in [-0.2, -0.15) is 0 Å². The van der Waals surface area contributed by atoms with Crippen LogP contribution < -0.4 is 5.32 Å². The van der Waals surface area contributed by atoms with E-state index < -0.39 is 0 Å². The van der Waals surface area contributed by atoms with Gasteiger partial charge in [0.2, 0.25) is 5.91 Å². The third-order valence-corrected chi connectivity index (χ3v) is 5.42. The van der Waals surface area contributed by atoms with Gasteiger partial charge < -0.3 is 9.73 Å². The zero-order valence-corrected chi connectivity index (χ0v) is 17.3. The summed E-state index contributed by atoms with van der Waals surface area (Å²) >= 11 is 1.31. The lowest BCUT2D eigenvalue weighted by Crippen LogP contribution is -2.27. The fourth-order valence-electron chi connectivity index (χ4n) is 3.11. The summed E-state index contributed by atoms with van der Waals surface area (Å²) in [6.45, 7) is 0.611. The molecule has 1 heterocycles. The zero-order valence-electron chi connectivity index (χ0n) is 16.5. The van der Waals surface area contributed by atoms with Crippen molar-refractivity contribution < 1.29 is 9.21 Å². The summed E-state index contributed by atoms with van der Waals surface area (Å²) < 4.78 is 6.05. The number of aromatic nitrogens is 1. The molecule has 0 radical (unpaired) electrons. The maximum atomic E-state index is 12.2. The number of hydrogen-bond acceptors (Lipinski definition) is 4. The van der Waals surface area contributed by atoms with E-state index in [4.69, 9.17) is 4.42 Å². The highest BCUT2D eigenvalue weighted by Gasteiger charge is 2.17. The molecule has 1 amide bonds. The molecule has 0 atom stereocenters. The minimum atomic E-state index is -0.0309. The van der Waals surface area contributed by atoms with Gasteiger partial charge in [0.1, 0.15) is 5.69 Å². The number of nitrogens with one attached hydrogen (secondary N) is 1. The molecule has 0 saturated carbocycles. The number of benzene rings is 3. The van der Waals surface area contributed by atoms with E-state index in [-0.39, 0.29) is 11.7 Å². The Morgan fingerprint density at radius 1 is 0.833 bits per heavy atom. The number of rotatable bonds is 8. The lowest BCUT2D eigenvalue weighted by atomic mass is 10.1. The van der Waals surface area contributed by atoms with Crippen LogP contribution in [0, 0.1) is 0 Å². The van der Waals surface area contributed by atoms with Crippen LogP contribution in [-0.2, 0) is 11.2 Å². The summed E-state index contributed by atoms with van der Waals surface area (Å²) in [5.74, 6) is 0.947. The average Bonchev–Trinajstić information content (AvgIpc) is 3.24. The van der Waals surface area contributed by atoms with Crippen LogP contribution >= 0.6 is 11.8 Å². The zero-order chi connectivity index (χ0) is 20.6. The molecule has 0 aliphatic rings. The van der Waals surface area contributed by atoms with Gasteiger partial charge >= 0.3 is 0 Å². The van der Waals surface area contributed by atoms with Crippen molar-refractivity contribution in [2.45, 2.75) is 11.6 Å². The third kappa shape index (κ3) is 5.19. The van der Waals surface area contributed by atoms with Crippen molar-refractivity contribution in [2.75, 3.05) is 12.3 Å². The standard InChI is InChI=1S/C25H22N2O2S/c28-22(26-17-16-19-10-4-1-5-11-19)18-30-25-27-23(20-12-6-2-7-13-20)24(29-25)21-14-8-3-9-15-21/h1-15H,16-18H2,(H,26,28). The molecular weight excluding hydrogens is 392 g/mol. The van der Waals surface area contributed by atoms with Gasteiger partial charge in [-0.1, -0.05) is 103 Å². The van der Waals surface area contributed by atoms with Crippen LogP contribution in [-0.4, -0.2) is 23.2 Å². The van der Waals surface area contributed by atoms with Crippen LogP contribution in [0.5, 0.6) is 0 Å². The minimum Gasteiger partial charge on any atom is -0.431 e. The largest absolute Gasteiger partial charge is 0.431 e. The molecule has 0 bridgehead atoms. The van der Waals surface area contributed by atoms with E-state index in [2.05, 4.69) is 22.4 Å². The first-order valence-corrected chi connectivity index (χ1v) is 10.8. The Bertz CT molecular complexity index is 1020. The van der Waals surface area contributed by atoms with Crippen molar-refractivity contribution in [2.24, 2.45) is 0 Å². The van der Waals surface area contributed by atoms with Crippen LogP contribution in [0.15, 0.2) is 101 Å². The molecule has 3 aromatic carbocycles. The van der Waals surface area contributed by atoms with Crippen molar-refractivity contribution in [3.63, 3.8) is 0 Å². The summed E-state index contributed by atoms with van der Waals surface area (Å²) in [4.78, 5) is 16.9. The molecule has 0 unspecified atom stereocenters. The number of carbonyl (C=O) groups is 1. The fourth-order valence-corrected chi connectivity index (χ4v) is 3.76. The Balaban J connectivity index is 1.42. The molecule has 1 N–H and O–H groups in total. The Kier molecular flexibility index (Phi) is 6.62. The SMILES string of the molecule is O=C(CSc1nc(-c2ccccc2)c(-c2ccccc2)o1)NCCc1ccccc1. The fraction of sp³-hybridized carbons (Fsp3) is 0.120. The van der Waals surface area contributed by atoms with E-state index in [1.807, 2.05) is 78.9 Å². The first-order chi connectivity index (χ1) is 14.8. The van der Waals surface area contributed by atoms with E-state index in [1.165, 1.54) is 17.3 Å². The first kappa shape index (κ1) is 20.0. The average molecular weight is 415 g/mol. The molecule has 30 heavy (non-hydrogen) atoms. The Morgan fingerprint density at radius 3 is 2.10 bits per heavy atom. The van der Waals surface area contributed by atoms with Crippen molar-refractivity contribution >= 4 is 17.7 Å². The molecule has 0 aliphatic carbocycles. The maximum Gasteiger partial charge on any atom is 0.257 e.